The van der Waals surface area contributed by atoms with E-state index in [1.807, 2.05) is 0 Å². The Labute approximate surface area is 162 Å². The Bertz CT molecular complexity index is 972. The fourth-order valence-electron chi connectivity index (χ4n) is 3.32. The Hall–Kier alpha value is -3.18. The summed E-state index contributed by atoms with van der Waals surface area (Å²) >= 11 is 0. The van der Waals surface area contributed by atoms with Gasteiger partial charge in [0.05, 0.1) is 17.4 Å². The Morgan fingerprint density at radius 1 is 1.24 bits per heavy atom. The smallest absolute Gasteiger partial charge is 0.342 e. The number of hydrogen-bond acceptors (Lipinski definition) is 5. The first kappa shape index (κ1) is 20.6. The second-order valence-electron chi connectivity index (χ2n) is 6.82. The maximum Gasteiger partial charge on any atom is 0.451 e. The topological polar surface area (TPSA) is 103 Å². The summed E-state index contributed by atoms with van der Waals surface area (Å²) in [6.45, 7) is 0.557. The standard InChI is InChI=1S/C17H18F3N5O4/c1-22-15(17(18,19)20)21-24(16(22)27)12-6-8-23(9-7-12)14(26)10-11-2-4-13(5-3-11)25(28)29/h2-5,12H,6-10H2,1H3. The van der Waals surface area contributed by atoms with Gasteiger partial charge in [-0.3, -0.25) is 19.5 Å². The Balaban J connectivity index is 1.62. The molecule has 0 spiro atoms. The number of carbonyl (C=O) groups excluding carboxylic acids is 1. The van der Waals surface area contributed by atoms with Crippen molar-refractivity contribution >= 4 is 11.6 Å². The molecule has 156 valence electrons. The van der Waals surface area contributed by atoms with Crippen LogP contribution in [0.15, 0.2) is 29.1 Å². The van der Waals surface area contributed by atoms with Crippen molar-refractivity contribution in [1.29, 1.82) is 0 Å². The molecule has 0 bridgehead atoms. The number of amides is 1. The zero-order chi connectivity index (χ0) is 21.3. The maximum absolute atomic E-state index is 12.9. The van der Waals surface area contributed by atoms with Crippen molar-refractivity contribution in [2.75, 3.05) is 13.1 Å². The third kappa shape index (κ3) is 4.30. The average Bonchev–Trinajstić information content (AvgIpc) is 2.97. The molecule has 0 N–H and O–H groups in total. The highest BCUT2D eigenvalue weighted by Gasteiger charge is 2.39. The van der Waals surface area contributed by atoms with E-state index in [1.54, 1.807) is 4.90 Å². The molecule has 0 atom stereocenters. The van der Waals surface area contributed by atoms with Crippen LogP contribution in [0.2, 0.25) is 0 Å². The molecule has 1 aromatic carbocycles. The number of alkyl halides is 3. The predicted molar refractivity (Wildman–Crippen MR) is 94.1 cm³/mol. The maximum atomic E-state index is 12.9. The first-order valence-electron chi connectivity index (χ1n) is 8.81. The van der Waals surface area contributed by atoms with Crippen LogP contribution in [-0.2, 0) is 24.4 Å². The summed E-state index contributed by atoms with van der Waals surface area (Å²) in [5.74, 6) is -1.44. The number of halogens is 3. The molecule has 1 fully saturated rings. The van der Waals surface area contributed by atoms with E-state index in [9.17, 15) is 32.9 Å². The number of nitro groups is 1. The van der Waals surface area contributed by atoms with Gasteiger partial charge in [-0.15, -0.1) is 5.10 Å². The predicted octanol–water partition coefficient (Wildman–Crippen LogP) is 1.91. The third-order valence-electron chi connectivity index (χ3n) is 4.92. The van der Waals surface area contributed by atoms with Gasteiger partial charge in [-0.1, -0.05) is 12.1 Å². The summed E-state index contributed by atoms with van der Waals surface area (Å²) in [5.41, 5.74) is -0.285. The lowest BCUT2D eigenvalue weighted by molar-refractivity contribution is -0.384. The van der Waals surface area contributed by atoms with Crippen molar-refractivity contribution in [2.24, 2.45) is 7.05 Å². The number of benzene rings is 1. The minimum absolute atomic E-state index is 0.0599. The lowest BCUT2D eigenvalue weighted by Gasteiger charge is -2.31. The molecule has 1 aromatic heterocycles. The van der Waals surface area contributed by atoms with Crippen LogP contribution in [0.1, 0.15) is 30.3 Å². The Morgan fingerprint density at radius 2 is 1.83 bits per heavy atom. The first-order chi connectivity index (χ1) is 13.6. The fourth-order valence-corrected chi connectivity index (χ4v) is 3.32. The number of carbonyl (C=O) groups is 1. The van der Waals surface area contributed by atoms with Crippen molar-refractivity contribution in [1.82, 2.24) is 19.2 Å². The van der Waals surface area contributed by atoms with Gasteiger partial charge in [-0.25, -0.2) is 9.48 Å². The summed E-state index contributed by atoms with van der Waals surface area (Å²) in [6, 6.07) is 5.14. The lowest BCUT2D eigenvalue weighted by Crippen LogP contribution is -2.41. The molecule has 9 nitrogen and oxygen atoms in total. The molecule has 3 rings (SSSR count). The summed E-state index contributed by atoms with van der Waals surface area (Å²) in [4.78, 5) is 36.3. The molecular formula is C17H18F3N5O4. The third-order valence-corrected chi connectivity index (χ3v) is 4.92. The van der Waals surface area contributed by atoms with Gasteiger partial charge in [-0.05, 0) is 18.4 Å². The molecule has 1 aliphatic heterocycles. The van der Waals surface area contributed by atoms with Crippen molar-refractivity contribution in [3.63, 3.8) is 0 Å². The number of aromatic nitrogens is 3. The number of nitrogens with zero attached hydrogens (tertiary/aromatic N) is 5. The largest absolute Gasteiger partial charge is 0.451 e. The van der Waals surface area contributed by atoms with E-state index in [-0.39, 0.29) is 31.1 Å². The van der Waals surface area contributed by atoms with Crippen LogP contribution < -0.4 is 5.69 Å². The quantitative estimate of drug-likeness (QED) is 0.563. The minimum atomic E-state index is -4.72. The van der Waals surface area contributed by atoms with Gasteiger partial charge in [-0.2, -0.15) is 13.2 Å². The zero-order valence-electron chi connectivity index (χ0n) is 15.4. The molecule has 0 radical (unpaired) electrons. The van der Waals surface area contributed by atoms with E-state index in [0.717, 1.165) is 11.7 Å². The van der Waals surface area contributed by atoms with Crippen LogP contribution in [0, 0.1) is 10.1 Å². The van der Waals surface area contributed by atoms with Gasteiger partial charge < -0.3 is 4.90 Å². The number of likely N-dealkylation sites (tertiary alicyclic amines) is 1. The number of non-ortho nitro benzene ring substituents is 1. The van der Waals surface area contributed by atoms with Crippen LogP contribution in [0.4, 0.5) is 18.9 Å². The average molecular weight is 413 g/mol. The number of piperidine rings is 1. The molecular weight excluding hydrogens is 395 g/mol. The molecule has 2 aromatic rings. The molecule has 1 aliphatic rings. The number of rotatable bonds is 4. The summed E-state index contributed by atoms with van der Waals surface area (Å²) in [7, 11) is 1.03. The SMILES string of the molecule is Cn1c(C(F)(F)F)nn(C2CCN(C(=O)Cc3ccc([N+](=O)[O-])cc3)CC2)c1=O. The highest BCUT2D eigenvalue weighted by molar-refractivity contribution is 5.79. The molecule has 2 heterocycles. The first-order valence-corrected chi connectivity index (χ1v) is 8.81. The lowest BCUT2D eigenvalue weighted by atomic mass is 10.0. The molecule has 0 aliphatic carbocycles. The molecule has 12 heteroatoms. The normalized spacial score (nSPS) is 15.5. The number of hydrogen-bond donors (Lipinski definition) is 0. The zero-order valence-corrected chi connectivity index (χ0v) is 15.4. The van der Waals surface area contributed by atoms with Crippen LogP contribution in [-0.4, -0.2) is 43.2 Å². The minimum Gasteiger partial charge on any atom is -0.342 e. The van der Waals surface area contributed by atoms with Gasteiger partial charge in [0, 0.05) is 32.3 Å². The van der Waals surface area contributed by atoms with Gasteiger partial charge >= 0.3 is 11.9 Å². The summed E-state index contributed by atoms with van der Waals surface area (Å²) in [6.07, 6.45) is -4.05. The molecule has 0 saturated carbocycles. The Kier molecular flexibility index (Phi) is 5.44. The van der Waals surface area contributed by atoms with Gasteiger partial charge in [0.1, 0.15) is 0 Å². The summed E-state index contributed by atoms with van der Waals surface area (Å²) in [5, 5.41) is 14.1. The second kappa shape index (κ2) is 7.68. The fraction of sp³-hybridized carbons (Fsp3) is 0.471. The van der Waals surface area contributed by atoms with Crippen molar-refractivity contribution in [2.45, 2.75) is 31.5 Å². The Morgan fingerprint density at radius 3 is 2.31 bits per heavy atom. The van der Waals surface area contributed by atoms with Crippen LogP contribution in [0.5, 0.6) is 0 Å². The highest BCUT2D eigenvalue weighted by atomic mass is 19.4. The van der Waals surface area contributed by atoms with E-state index in [1.165, 1.54) is 24.3 Å². The molecule has 29 heavy (non-hydrogen) atoms. The van der Waals surface area contributed by atoms with E-state index >= 15 is 0 Å². The molecule has 1 saturated heterocycles. The van der Waals surface area contributed by atoms with Gasteiger partial charge in [0.15, 0.2) is 0 Å². The second-order valence-corrected chi connectivity index (χ2v) is 6.82. The van der Waals surface area contributed by atoms with E-state index in [4.69, 9.17) is 0 Å². The van der Waals surface area contributed by atoms with Gasteiger partial charge in [0.25, 0.3) is 5.69 Å². The van der Waals surface area contributed by atoms with E-state index < -0.39 is 28.7 Å². The molecule has 0 unspecified atom stereocenters. The monoisotopic (exact) mass is 413 g/mol. The number of nitro benzene ring substituents is 1. The van der Waals surface area contributed by atoms with Crippen LogP contribution in [0.3, 0.4) is 0 Å². The van der Waals surface area contributed by atoms with Crippen molar-refractivity contribution < 1.29 is 22.9 Å². The van der Waals surface area contributed by atoms with Crippen molar-refractivity contribution in [3.05, 3.63) is 56.3 Å². The molecule has 1 amide bonds. The van der Waals surface area contributed by atoms with Crippen molar-refractivity contribution in [3.8, 4) is 0 Å². The highest BCUT2D eigenvalue weighted by Crippen LogP contribution is 2.28. The van der Waals surface area contributed by atoms with Crippen LogP contribution in [0.25, 0.3) is 0 Å². The van der Waals surface area contributed by atoms with E-state index in [2.05, 4.69) is 5.10 Å². The van der Waals surface area contributed by atoms with Crippen LogP contribution >= 0.6 is 0 Å². The van der Waals surface area contributed by atoms with E-state index in [0.29, 0.717) is 23.0 Å². The van der Waals surface area contributed by atoms with Gasteiger partial charge in [0.2, 0.25) is 11.7 Å². The summed E-state index contributed by atoms with van der Waals surface area (Å²) < 4.78 is 40.1.